The van der Waals surface area contributed by atoms with Crippen LogP contribution in [0.1, 0.15) is 125 Å². The van der Waals surface area contributed by atoms with Gasteiger partial charge in [-0.15, -0.1) is 8.78 Å². The normalized spacial score (nSPS) is 37.9. The largest absolute Gasteiger partial charge is 0.486 e. The highest BCUT2D eigenvalue weighted by Crippen LogP contribution is 2.70. The molecule has 0 radical (unpaired) electrons. The van der Waals surface area contributed by atoms with Crippen molar-refractivity contribution in [2.75, 3.05) is 11.5 Å². The molecular weight excluding hydrogens is 542 g/mol. The van der Waals surface area contributed by atoms with Gasteiger partial charge in [0.2, 0.25) is 0 Å². The molecule has 0 aliphatic heterocycles. The number of nitrogen functional groups attached to an aromatic ring is 2. The lowest BCUT2D eigenvalue weighted by Crippen LogP contribution is -2.60. The molecule has 4 aliphatic carbocycles. The predicted octanol–water partition coefficient (Wildman–Crippen LogP) is 10.1. The van der Waals surface area contributed by atoms with Crippen molar-refractivity contribution in [3.05, 3.63) is 23.8 Å². The van der Waals surface area contributed by atoms with Crippen molar-refractivity contribution in [2.45, 2.75) is 138 Å². The number of halogens is 2. The van der Waals surface area contributed by atoms with Crippen LogP contribution in [0.2, 0.25) is 0 Å². The van der Waals surface area contributed by atoms with Gasteiger partial charge < -0.3 is 11.5 Å². The number of ether oxygens (including phenoxy) is 2. The van der Waals surface area contributed by atoms with Gasteiger partial charge >= 0.3 is 6.29 Å². The molecule has 4 fully saturated rings. The average Bonchev–Trinajstić information content (AvgIpc) is 3.26. The second-order valence-electron chi connectivity index (χ2n) is 16.8. The quantitative estimate of drug-likeness (QED) is 0.206. The molecule has 3 unspecified atom stereocenters. The first kappa shape index (κ1) is 33.0. The van der Waals surface area contributed by atoms with Gasteiger partial charge in [0.25, 0.3) is 0 Å². The van der Waals surface area contributed by atoms with Gasteiger partial charge in [0.1, 0.15) is 0 Å². The molecule has 6 heteroatoms. The van der Waals surface area contributed by atoms with Gasteiger partial charge in [-0.05, 0) is 133 Å². The van der Waals surface area contributed by atoms with Gasteiger partial charge in [0, 0.05) is 11.4 Å². The molecule has 244 valence electrons. The van der Waals surface area contributed by atoms with Crippen molar-refractivity contribution in [1.29, 1.82) is 0 Å². The Balaban J connectivity index is 1.24. The van der Waals surface area contributed by atoms with Crippen LogP contribution in [0, 0.1) is 57.7 Å². The lowest BCUT2D eigenvalue weighted by Gasteiger charge is -2.65. The van der Waals surface area contributed by atoms with Crippen LogP contribution < -0.4 is 11.5 Å². The number of hydrogen-bond donors (Lipinski definition) is 2. The lowest BCUT2D eigenvalue weighted by molar-refractivity contribution is -0.425. The van der Waals surface area contributed by atoms with Gasteiger partial charge in [-0.2, -0.15) is 0 Å². The number of alkyl halides is 2. The highest BCUT2D eigenvalue weighted by atomic mass is 19.3. The summed E-state index contributed by atoms with van der Waals surface area (Å²) in [6, 6.07) is 4.81. The third-order valence-corrected chi connectivity index (χ3v) is 13.5. The van der Waals surface area contributed by atoms with Crippen molar-refractivity contribution in [3.8, 4) is 0 Å². The fourth-order valence-electron chi connectivity index (χ4n) is 11.5. The maximum absolute atomic E-state index is 15.1. The summed E-state index contributed by atoms with van der Waals surface area (Å²) in [5, 5.41) is 0. The smallest absolute Gasteiger partial charge is 0.399 e. The first-order valence-corrected chi connectivity index (χ1v) is 17.4. The van der Waals surface area contributed by atoms with Crippen LogP contribution in [0.15, 0.2) is 18.2 Å². The molecule has 5 rings (SSSR count). The zero-order chi connectivity index (χ0) is 31.4. The maximum atomic E-state index is 15.1. The number of fused-ring (bicyclic) bond motifs is 5. The first-order valence-electron chi connectivity index (χ1n) is 17.4. The molecule has 0 spiro atoms. The van der Waals surface area contributed by atoms with Crippen molar-refractivity contribution >= 4 is 11.4 Å². The number of anilines is 2. The molecule has 0 heterocycles. The molecule has 0 aromatic heterocycles. The van der Waals surface area contributed by atoms with Crippen molar-refractivity contribution in [3.63, 3.8) is 0 Å². The number of hydrogen-bond acceptors (Lipinski definition) is 4. The zero-order valence-corrected chi connectivity index (χ0v) is 28.1. The standard InChI is InChI=1S/C37H60F2N2O2/c1-23(2)9-8-10-24(3)29-12-13-30-28-11-14-32-34(4,5)33(16-18-36(32,7)31(28)15-17-35(29,30)6)43-37(38,39)42-22-25-19-26(40)21-27(41)20-25/h19-21,23-24,28-33H,8-18,22,40-41H2,1-7H3/t24?,28-,29+,30-,31-,32?,33?,35+,36+/m0/s1. The second-order valence-corrected chi connectivity index (χ2v) is 16.8. The van der Waals surface area contributed by atoms with Gasteiger partial charge in [0.15, 0.2) is 0 Å². The topological polar surface area (TPSA) is 70.5 Å². The SMILES string of the molecule is CC(C)CCCC(C)[C@H]1CC[C@H]2[C@@H]3CCC4C(C)(C)C(OC(F)(F)OCc5cc(N)cc(N)c5)CC[C@]4(C)[C@H]3CC[C@]12C. The van der Waals surface area contributed by atoms with E-state index in [0.717, 1.165) is 42.4 Å². The number of rotatable bonds is 10. The molecule has 9 atom stereocenters. The van der Waals surface area contributed by atoms with Crippen LogP contribution in [-0.2, 0) is 16.1 Å². The Hall–Kier alpha value is -1.40. The molecule has 0 bridgehead atoms. The fraction of sp³-hybridized carbons (Fsp3) is 0.838. The van der Waals surface area contributed by atoms with Crippen LogP contribution in [0.25, 0.3) is 0 Å². The molecule has 1 aromatic rings. The maximum Gasteiger partial charge on any atom is 0.486 e. The molecule has 4 aliphatic rings. The molecule has 1 aromatic carbocycles. The highest BCUT2D eigenvalue weighted by molar-refractivity contribution is 5.54. The molecule has 43 heavy (non-hydrogen) atoms. The van der Waals surface area contributed by atoms with E-state index in [1.165, 1.54) is 51.4 Å². The molecule has 0 saturated heterocycles. The Morgan fingerprint density at radius 2 is 1.49 bits per heavy atom. The summed E-state index contributed by atoms with van der Waals surface area (Å²) in [5.74, 6) is 5.09. The highest BCUT2D eigenvalue weighted by Gasteiger charge is 2.64. The second kappa shape index (κ2) is 12.1. The van der Waals surface area contributed by atoms with E-state index in [2.05, 4.69) is 48.5 Å². The Kier molecular flexibility index (Phi) is 9.26. The minimum Gasteiger partial charge on any atom is -0.399 e. The van der Waals surface area contributed by atoms with Crippen LogP contribution in [0.4, 0.5) is 20.2 Å². The van der Waals surface area contributed by atoms with Crippen LogP contribution in [-0.4, -0.2) is 12.4 Å². The fourth-order valence-corrected chi connectivity index (χ4v) is 11.5. The lowest BCUT2D eigenvalue weighted by atomic mass is 9.41. The monoisotopic (exact) mass is 602 g/mol. The molecular formula is C37H60F2N2O2. The Bertz CT molecular complexity index is 1100. The Morgan fingerprint density at radius 1 is 0.837 bits per heavy atom. The van der Waals surface area contributed by atoms with Crippen molar-refractivity contribution in [1.82, 2.24) is 0 Å². The Morgan fingerprint density at radius 3 is 2.16 bits per heavy atom. The van der Waals surface area contributed by atoms with Crippen molar-refractivity contribution < 1.29 is 18.3 Å². The summed E-state index contributed by atoms with van der Waals surface area (Å²) < 4.78 is 40.8. The first-order chi connectivity index (χ1) is 20.1. The number of benzene rings is 1. The van der Waals surface area contributed by atoms with E-state index in [1.54, 1.807) is 18.2 Å². The van der Waals surface area contributed by atoms with E-state index >= 15 is 8.78 Å². The van der Waals surface area contributed by atoms with Crippen LogP contribution in [0.5, 0.6) is 0 Å². The summed E-state index contributed by atoms with van der Waals surface area (Å²) in [6.45, 7) is 16.4. The minimum atomic E-state index is -3.68. The average molecular weight is 603 g/mol. The third-order valence-electron chi connectivity index (χ3n) is 13.5. The van der Waals surface area contributed by atoms with Gasteiger partial charge in [-0.1, -0.05) is 67.7 Å². The van der Waals surface area contributed by atoms with Crippen LogP contribution in [0.3, 0.4) is 0 Å². The minimum absolute atomic E-state index is 0.170. The predicted molar refractivity (Wildman–Crippen MR) is 172 cm³/mol. The van der Waals surface area contributed by atoms with Crippen LogP contribution >= 0.6 is 0 Å². The summed E-state index contributed by atoms with van der Waals surface area (Å²) in [4.78, 5) is 0. The molecule has 4 N–H and O–H groups in total. The van der Waals surface area contributed by atoms with E-state index in [1.807, 2.05) is 0 Å². The van der Waals surface area contributed by atoms with E-state index in [9.17, 15) is 0 Å². The molecule has 0 amide bonds. The van der Waals surface area contributed by atoms with Crippen molar-refractivity contribution in [2.24, 2.45) is 57.7 Å². The summed E-state index contributed by atoms with van der Waals surface area (Å²) in [7, 11) is 0. The summed E-state index contributed by atoms with van der Waals surface area (Å²) in [5.41, 5.74) is 13.3. The summed E-state index contributed by atoms with van der Waals surface area (Å²) >= 11 is 0. The van der Waals surface area contributed by atoms with Gasteiger partial charge in [-0.25, -0.2) is 0 Å². The van der Waals surface area contributed by atoms with Gasteiger partial charge in [0.05, 0.1) is 12.7 Å². The molecule has 4 saturated carbocycles. The number of nitrogens with two attached hydrogens (primary N) is 2. The van der Waals surface area contributed by atoms with E-state index in [-0.39, 0.29) is 17.4 Å². The van der Waals surface area contributed by atoms with E-state index in [4.69, 9.17) is 20.9 Å². The Labute approximate surface area is 260 Å². The van der Waals surface area contributed by atoms with E-state index in [0.29, 0.717) is 40.6 Å². The third kappa shape index (κ3) is 6.35. The van der Waals surface area contributed by atoms with E-state index < -0.39 is 12.4 Å². The molecule has 4 nitrogen and oxygen atoms in total. The summed E-state index contributed by atoms with van der Waals surface area (Å²) in [6.07, 6.45) is 9.20. The zero-order valence-electron chi connectivity index (χ0n) is 28.1. The van der Waals surface area contributed by atoms with Gasteiger partial charge in [-0.3, -0.25) is 9.47 Å².